The van der Waals surface area contributed by atoms with Gasteiger partial charge in [-0.3, -0.25) is 4.79 Å². The van der Waals surface area contributed by atoms with E-state index in [2.05, 4.69) is 0 Å². The third-order valence-electron chi connectivity index (χ3n) is 2.63. The number of piperidine rings is 1. The molecule has 0 unspecified atom stereocenters. The SMILES string of the molecule is NS(=O)(=O)CCN1CCC(C(=O)O)CC1. The van der Waals surface area contributed by atoms with Crippen molar-refractivity contribution >= 4 is 16.0 Å². The lowest BCUT2D eigenvalue weighted by molar-refractivity contribution is -0.143. The quantitative estimate of drug-likeness (QED) is 0.657. The van der Waals surface area contributed by atoms with Crippen molar-refractivity contribution in [2.45, 2.75) is 12.8 Å². The molecule has 1 heterocycles. The number of nitrogens with zero attached hydrogens (tertiary/aromatic N) is 1. The second-order valence-corrected chi connectivity index (χ2v) is 5.56. The Hall–Kier alpha value is -0.660. The number of hydrogen-bond donors (Lipinski definition) is 2. The van der Waals surface area contributed by atoms with Crippen LogP contribution >= 0.6 is 0 Å². The molecule has 0 radical (unpaired) electrons. The van der Waals surface area contributed by atoms with Gasteiger partial charge in [-0.1, -0.05) is 0 Å². The molecule has 0 amide bonds. The summed E-state index contributed by atoms with van der Waals surface area (Å²) in [6.45, 7) is 1.66. The summed E-state index contributed by atoms with van der Waals surface area (Å²) in [7, 11) is -3.41. The van der Waals surface area contributed by atoms with Gasteiger partial charge < -0.3 is 10.0 Å². The molecule has 0 aromatic carbocycles. The molecule has 6 nitrogen and oxygen atoms in total. The van der Waals surface area contributed by atoms with Crippen LogP contribution in [-0.2, 0) is 14.8 Å². The van der Waals surface area contributed by atoms with E-state index in [1.807, 2.05) is 4.90 Å². The number of hydrogen-bond acceptors (Lipinski definition) is 4. The molecule has 0 spiro atoms. The molecule has 0 saturated carbocycles. The highest BCUT2D eigenvalue weighted by Crippen LogP contribution is 2.16. The molecule has 1 aliphatic heterocycles. The average Bonchev–Trinajstić information content (AvgIpc) is 2.14. The Balaban J connectivity index is 2.29. The van der Waals surface area contributed by atoms with Crippen LogP contribution in [0.5, 0.6) is 0 Å². The lowest BCUT2D eigenvalue weighted by atomic mass is 9.97. The van der Waals surface area contributed by atoms with Gasteiger partial charge in [-0.05, 0) is 25.9 Å². The highest BCUT2D eigenvalue weighted by molar-refractivity contribution is 7.89. The maximum Gasteiger partial charge on any atom is 0.306 e. The largest absolute Gasteiger partial charge is 0.481 e. The number of rotatable bonds is 4. The number of carboxylic acid groups (broad SMARTS) is 1. The van der Waals surface area contributed by atoms with Gasteiger partial charge in [0, 0.05) is 6.54 Å². The Morgan fingerprint density at radius 3 is 2.33 bits per heavy atom. The maximum atomic E-state index is 10.7. The predicted molar refractivity (Wildman–Crippen MR) is 54.8 cm³/mol. The first-order valence-corrected chi connectivity index (χ1v) is 6.55. The minimum atomic E-state index is -3.41. The third kappa shape index (κ3) is 4.59. The Morgan fingerprint density at radius 1 is 1.40 bits per heavy atom. The molecule has 1 aliphatic rings. The fourth-order valence-corrected chi connectivity index (χ4v) is 2.17. The van der Waals surface area contributed by atoms with Crippen LogP contribution in [0.25, 0.3) is 0 Å². The van der Waals surface area contributed by atoms with E-state index in [1.54, 1.807) is 0 Å². The van der Waals surface area contributed by atoms with Crippen LogP contribution in [-0.4, -0.2) is 49.8 Å². The number of carboxylic acids is 1. The summed E-state index contributed by atoms with van der Waals surface area (Å²) in [6, 6.07) is 0. The Morgan fingerprint density at radius 2 is 1.93 bits per heavy atom. The van der Waals surface area contributed by atoms with E-state index >= 15 is 0 Å². The van der Waals surface area contributed by atoms with Gasteiger partial charge in [0.1, 0.15) is 0 Å². The Bertz CT molecular complexity index is 320. The second kappa shape index (κ2) is 4.91. The van der Waals surface area contributed by atoms with Crippen LogP contribution in [0.1, 0.15) is 12.8 Å². The maximum absolute atomic E-state index is 10.7. The number of nitrogens with two attached hydrogens (primary N) is 1. The first-order valence-electron chi connectivity index (χ1n) is 4.84. The van der Waals surface area contributed by atoms with Crippen LogP contribution in [0.4, 0.5) is 0 Å². The zero-order chi connectivity index (χ0) is 11.5. The Kier molecular flexibility index (Phi) is 4.06. The summed E-state index contributed by atoms with van der Waals surface area (Å²) < 4.78 is 21.4. The molecule has 0 aliphatic carbocycles. The topological polar surface area (TPSA) is 101 Å². The molecular weight excluding hydrogens is 220 g/mol. The van der Waals surface area contributed by atoms with Crippen molar-refractivity contribution in [2.75, 3.05) is 25.4 Å². The van der Waals surface area contributed by atoms with Crippen molar-refractivity contribution in [1.29, 1.82) is 0 Å². The first kappa shape index (κ1) is 12.4. The third-order valence-corrected chi connectivity index (χ3v) is 3.38. The number of primary sulfonamides is 1. The number of aliphatic carboxylic acids is 1. The average molecular weight is 236 g/mol. The minimum Gasteiger partial charge on any atom is -0.481 e. The molecule has 1 saturated heterocycles. The van der Waals surface area contributed by atoms with Crippen LogP contribution in [0.15, 0.2) is 0 Å². The van der Waals surface area contributed by atoms with Crippen LogP contribution < -0.4 is 5.14 Å². The second-order valence-electron chi connectivity index (χ2n) is 3.82. The summed E-state index contributed by atoms with van der Waals surface area (Å²) in [5.41, 5.74) is 0. The van der Waals surface area contributed by atoms with Gasteiger partial charge in [-0.2, -0.15) is 0 Å². The highest BCUT2D eigenvalue weighted by atomic mass is 32.2. The molecule has 1 rings (SSSR count). The van der Waals surface area contributed by atoms with E-state index in [1.165, 1.54) is 0 Å². The molecule has 0 atom stereocenters. The van der Waals surface area contributed by atoms with Crippen LogP contribution in [0.3, 0.4) is 0 Å². The fraction of sp³-hybridized carbons (Fsp3) is 0.875. The van der Waals surface area contributed by atoms with Crippen molar-refractivity contribution in [3.05, 3.63) is 0 Å². The molecule has 1 fully saturated rings. The summed E-state index contributed by atoms with van der Waals surface area (Å²) in [4.78, 5) is 12.6. The first-order chi connectivity index (χ1) is 6.88. The fourth-order valence-electron chi connectivity index (χ4n) is 1.66. The van der Waals surface area contributed by atoms with Gasteiger partial charge in [0.25, 0.3) is 0 Å². The van der Waals surface area contributed by atoms with Crippen molar-refractivity contribution < 1.29 is 18.3 Å². The van der Waals surface area contributed by atoms with E-state index in [9.17, 15) is 13.2 Å². The molecule has 0 aromatic rings. The van der Waals surface area contributed by atoms with Crippen molar-refractivity contribution in [1.82, 2.24) is 4.90 Å². The van der Waals surface area contributed by atoms with Gasteiger partial charge in [0.05, 0.1) is 11.7 Å². The van der Waals surface area contributed by atoms with E-state index in [0.717, 1.165) is 0 Å². The number of likely N-dealkylation sites (tertiary alicyclic amines) is 1. The van der Waals surface area contributed by atoms with Crippen molar-refractivity contribution in [3.8, 4) is 0 Å². The Labute approximate surface area is 89.1 Å². The standard InChI is InChI=1S/C8H16N2O4S/c9-15(13,14)6-5-10-3-1-7(2-4-10)8(11)12/h7H,1-6H2,(H,11,12)(H2,9,13,14). The lowest BCUT2D eigenvalue weighted by Gasteiger charge is -2.29. The summed E-state index contributed by atoms with van der Waals surface area (Å²) >= 11 is 0. The number of sulfonamides is 1. The zero-order valence-electron chi connectivity index (χ0n) is 8.42. The van der Waals surface area contributed by atoms with Gasteiger partial charge in [0.15, 0.2) is 0 Å². The monoisotopic (exact) mass is 236 g/mol. The van der Waals surface area contributed by atoms with E-state index in [-0.39, 0.29) is 11.7 Å². The normalized spacial score (nSPS) is 20.3. The van der Waals surface area contributed by atoms with E-state index in [4.69, 9.17) is 10.2 Å². The molecular formula is C8H16N2O4S. The van der Waals surface area contributed by atoms with Gasteiger partial charge >= 0.3 is 5.97 Å². The van der Waals surface area contributed by atoms with E-state index in [0.29, 0.717) is 32.5 Å². The summed E-state index contributed by atoms with van der Waals surface area (Å²) in [5, 5.41) is 13.6. The molecule has 0 bridgehead atoms. The van der Waals surface area contributed by atoms with Crippen LogP contribution in [0.2, 0.25) is 0 Å². The minimum absolute atomic E-state index is 0.0647. The molecule has 3 N–H and O–H groups in total. The summed E-state index contributed by atoms with van der Waals surface area (Å²) in [6.07, 6.45) is 1.17. The van der Waals surface area contributed by atoms with Crippen LogP contribution in [0, 0.1) is 5.92 Å². The predicted octanol–water partition coefficient (Wildman–Crippen LogP) is -0.928. The van der Waals surface area contributed by atoms with Crippen molar-refractivity contribution in [3.63, 3.8) is 0 Å². The smallest absolute Gasteiger partial charge is 0.306 e. The van der Waals surface area contributed by atoms with Gasteiger partial charge in [-0.15, -0.1) is 0 Å². The summed E-state index contributed by atoms with van der Waals surface area (Å²) in [5.74, 6) is -1.11. The number of carbonyl (C=O) groups is 1. The zero-order valence-corrected chi connectivity index (χ0v) is 9.24. The molecule has 88 valence electrons. The molecule has 15 heavy (non-hydrogen) atoms. The molecule has 7 heteroatoms. The lowest BCUT2D eigenvalue weighted by Crippen LogP contribution is -2.39. The highest BCUT2D eigenvalue weighted by Gasteiger charge is 2.24. The van der Waals surface area contributed by atoms with Crippen molar-refractivity contribution in [2.24, 2.45) is 11.1 Å². The molecule has 0 aromatic heterocycles. The van der Waals surface area contributed by atoms with Gasteiger partial charge in [0.2, 0.25) is 10.0 Å². The van der Waals surface area contributed by atoms with E-state index < -0.39 is 16.0 Å². The van der Waals surface area contributed by atoms with Gasteiger partial charge in [-0.25, -0.2) is 13.6 Å².